The van der Waals surface area contributed by atoms with Crippen LogP contribution in [0.1, 0.15) is 22.3 Å². The Bertz CT molecular complexity index is 672. The van der Waals surface area contributed by atoms with Crippen molar-refractivity contribution in [2.75, 3.05) is 10.6 Å². The second kappa shape index (κ2) is 6.46. The zero-order valence-electron chi connectivity index (χ0n) is 12.7. The standard InChI is InChI=1S/C17H19ClN2S/c1-10-7-12(3)16(13(4)8-10)20-17(21)19-15-6-5-14(18)9-11(15)2/h5-9H,1-4H3,(H2,19,20,21). The van der Waals surface area contributed by atoms with Crippen LogP contribution >= 0.6 is 23.8 Å². The maximum absolute atomic E-state index is 5.96. The predicted molar refractivity (Wildman–Crippen MR) is 96.7 cm³/mol. The lowest BCUT2D eigenvalue weighted by molar-refractivity contribution is 1.32. The predicted octanol–water partition coefficient (Wildman–Crippen LogP) is 5.38. The quantitative estimate of drug-likeness (QED) is 0.727. The Labute approximate surface area is 136 Å². The molecule has 0 aromatic heterocycles. The molecule has 0 radical (unpaired) electrons. The number of anilines is 2. The minimum absolute atomic E-state index is 0.579. The van der Waals surface area contributed by atoms with Gasteiger partial charge in [0.25, 0.3) is 0 Å². The van der Waals surface area contributed by atoms with Gasteiger partial charge < -0.3 is 10.6 Å². The number of hydrogen-bond donors (Lipinski definition) is 2. The molecule has 21 heavy (non-hydrogen) atoms. The first-order valence-electron chi connectivity index (χ1n) is 6.79. The molecule has 0 fully saturated rings. The van der Waals surface area contributed by atoms with E-state index < -0.39 is 0 Å². The molecular formula is C17H19ClN2S. The molecule has 2 aromatic carbocycles. The molecule has 0 saturated heterocycles. The first-order chi connectivity index (χ1) is 9.86. The molecule has 0 aliphatic carbocycles. The van der Waals surface area contributed by atoms with Crippen molar-refractivity contribution >= 4 is 40.3 Å². The third-order valence-corrected chi connectivity index (χ3v) is 3.79. The van der Waals surface area contributed by atoms with Crippen LogP contribution in [-0.4, -0.2) is 5.11 Å². The van der Waals surface area contributed by atoms with Crippen molar-refractivity contribution in [2.24, 2.45) is 0 Å². The maximum atomic E-state index is 5.96. The number of rotatable bonds is 2. The van der Waals surface area contributed by atoms with Gasteiger partial charge in [0.1, 0.15) is 0 Å². The van der Waals surface area contributed by atoms with E-state index in [9.17, 15) is 0 Å². The highest BCUT2D eigenvalue weighted by Crippen LogP contribution is 2.23. The summed E-state index contributed by atoms with van der Waals surface area (Å²) in [7, 11) is 0. The van der Waals surface area contributed by atoms with Gasteiger partial charge in [0, 0.05) is 16.4 Å². The van der Waals surface area contributed by atoms with E-state index in [1.54, 1.807) is 0 Å². The van der Waals surface area contributed by atoms with Crippen LogP contribution in [0.15, 0.2) is 30.3 Å². The monoisotopic (exact) mass is 318 g/mol. The van der Waals surface area contributed by atoms with Crippen LogP contribution in [0.5, 0.6) is 0 Å². The van der Waals surface area contributed by atoms with Gasteiger partial charge in [-0.25, -0.2) is 0 Å². The lowest BCUT2D eigenvalue weighted by atomic mass is 10.1. The normalized spacial score (nSPS) is 10.3. The summed E-state index contributed by atoms with van der Waals surface area (Å²) in [6.45, 7) is 8.26. The first kappa shape index (κ1) is 15.8. The molecular weight excluding hydrogens is 300 g/mol. The SMILES string of the molecule is Cc1cc(C)c(NC(=S)Nc2ccc(Cl)cc2C)c(C)c1. The second-order valence-electron chi connectivity index (χ2n) is 5.31. The van der Waals surface area contributed by atoms with Crippen LogP contribution in [0.3, 0.4) is 0 Å². The topological polar surface area (TPSA) is 24.1 Å². The molecule has 0 aliphatic rings. The van der Waals surface area contributed by atoms with Crippen molar-refractivity contribution in [3.63, 3.8) is 0 Å². The third-order valence-electron chi connectivity index (χ3n) is 3.35. The number of thiocarbonyl (C=S) groups is 1. The van der Waals surface area contributed by atoms with Crippen LogP contribution in [0.25, 0.3) is 0 Å². The Morgan fingerprint density at radius 2 is 1.52 bits per heavy atom. The maximum Gasteiger partial charge on any atom is 0.175 e. The van der Waals surface area contributed by atoms with Gasteiger partial charge in [-0.1, -0.05) is 29.3 Å². The van der Waals surface area contributed by atoms with E-state index in [1.807, 2.05) is 25.1 Å². The molecule has 2 rings (SSSR count). The third kappa shape index (κ3) is 3.96. The van der Waals surface area contributed by atoms with Gasteiger partial charge in [0.15, 0.2) is 5.11 Å². The van der Waals surface area contributed by atoms with Crippen LogP contribution in [0, 0.1) is 27.7 Å². The summed E-state index contributed by atoms with van der Waals surface area (Å²) in [4.78, 5) is 0. The van der Waals surface area contributed by atoms with Crippen LogP contribution in [-0.2, 0) is 0 Å². The van der Waals surface area contributed by atoms with E-state index in [0.29, 0.717) is 5.11 Å². The highest BCUT2D eigenvalue weighted by molar-refractivity contribution is 7.80. The fraction of sp³-hybridized carbons (Fsp3) is 0.235. The fourth-order valence-electron chi connectivity index (χ4n) is 2.41. The summed E-state index contributed by atoms with van der Waals surface area (Å²) in [5.41, 5.74) is 6.70. The fourth-order valence-corrected chi connectivity index (χ4v) is 2.85. The molecule has 0 saturated carbocycles. The van der Waals surface area contributed by atoms with Gasteiger partial charge in [-0.2, -0.15) is 0 Å². The molecule has 0 spiro atoms. The Kier molecular flexibility index (Phi) is 4.86. The molecule has 0 unspecified atom stereocenters. The van der Waals surface area contributed by atoms with Crippen molar-refractivity contribution in [2.45, 2.75) is 27.7 Å². The average Bonchev–Trinajstić information content (AvgIpc) is 2.37. The van der Waals surface area contributed by atoms with Crippen molar-refractivity contribution in [1.29, 1.82) is 0 Å². The largest absolute Gasteiger partial charge is 0.332 e. The zero-order chi connectivity index (χ0) is 15.6. The van der Waals surface area contributed by atoms with Gasteiger partial charge >= 0.3 is 0 Å². The molecule has 110 valence electrons. The summed E-state index contributed by atoms with van der Waals surface area (Å²) < 4.78 is 0. The van der Waals surface area contributed by atoms with Crippen LogP contribution in [0.2, 0.25) is 5.02 Å². The van der Waals surface area contributed by atoms with Gasteiger partial charge in [0.2, 0.25) is 0 Å². The zero-order valence-corrected chi connectivity index (χ0v) is 14.2. The average molecular weight is 319 g/mol. The minimum atomic E-state index is 0.579. The molecule has 0 atom stereocenters. The van der Waals surface area contributed by atoms with Crippen LogP contribution < -0.4 is 10.6 Å². The van der Waals surface area contributed by atoms with Crippen LogP contribution in [0.4, 0.5) is 11.4 Å². The Morgan fingerprint density at radius 3 is 2.10 bits per heavy atom. The summed E-state index contributed by atoms with van der Waals surface area (Å²) >= 11 is 11.4. The van der Waals surface area contributed by atoms with E-state index in [0.717, 1.165) is 22.0 Å². The Hall–Kier alpha value is -1.58. The van der Waals surface area contributed by atoms with E-state index in [1.165, 1.54) is 16.7 Å². The molecule has 2 nitrogen and oxygen atoms in total. The summed E-state index contributed by atoms with van der Waals surface area (Å²) in [6, 6.07) is 9.98. The van der Waals surface area contributed by atoms with E-state index in [4.69, 9.17) is 23.8 Å². The minimum Gasteiger partial charge on any atom is -0.332 e. The van der Waals surface area contributed by atoms with Crippen molar-refractivity contribution in [1.82, 2.24) is 0 Å². The van der Waals surface area contributed by atoms with E-state index in [2.05, 4.69) is 43.5 Å². The molecule has 0 bridgehead atoms. The van der Waals surface area contributed by atoms with Gasteiger partial charge in [-0.05, 0) is 74.8 Å². The van der Waals surface area contributed by atoms with Crippen molar-refractivity contribution < 1.29 is 0 Å². The number of hydrogen-bond acceptors (Lipinski definition) is 1. The molecule has 2 N–H and O–H groups in total. The lowest BCUT2D eigenvalue weighted by Gasteiger charge is -2.16. The second-order valence-corrected chi connectivity index (χ2v) is 6.16. The molecule has 0 aliphatic heterocycles. The number of aryl methyl sites for hydroxylation is 4. The Morgan fingerprint density at radius 1 is 0.905 bits per heavy atom. The van der Waals surface area contributed by atoms with Gasteiger partial charge in [-0.15, -0.1) is 0 Å². The summed E-state index contributed by atoms with van der Waals surface area (Å²) in [5, 5.41) is 7.80. The molecule has 0 heterocycles. The van der Waals surface area contributed by atoms with E-state index in [-0.39, 0.29) is 0 Å². The smallest absolute Gasteiger partial charge is 0.175 e. The van der Waals surface area contributed by atoms with Crippen molar-refractivity contribution in [3.05, 3.63) is 57.6 Å². The molecule has 2 aromatic rings. The lowest BCUT2D eigenvalue weighted by Crippen LogP contribution is -2.20. The Balaban J connectivity index is 2.16. The van der Waals surface area contributed by atoms with Gasteiger partial charge in [0.05, 0.1) is 0 Å². The summed E-state index contributed by atoms with van der Waals surface area (Å²) in [6.07, 6.45) is 0. The van der Waals surface area contributed by atoms with E-state index >= 15 is 0 Å². The molecule has 0 amide bonds. The number of benzene rings is 2. The highest BCUT2D eigenvalue weighted by atomic mass is 35.5. The number of nitrogens with one attached hydrogen (secondary N) is 2. The summed E-state index contributed by atoms with van der Waals surface area (Å²) in [5.74, 6) is 0. The first-order valence-corrected chi connectivity index (χ1v) is 7.57. The van der Waals surface area contributed by atoms with Gasteiger partial charge in [-0.3, -0.25) is 0 Å². The van der Waals surface area contributed by atoms with Crippen molar-refractivity contribution in [3.8, 4) is 0 Å². The molecule has 4 heteroatoms. The number of halogens is 1. The highest BCUT2D eigenvalue weighted by Gasteiger charge is 2.07.